The number of carbonyl (C=O) groups is 10. The monoisotopic (exact) mass is 2110 g/mol. The lowest BCUT2D eigenvalue weighted by Gasteiger charge is -2.35. The molecule has 0 bridgehead atoms. The molecule has 4 amide bonds. The van der Waals surface area contributed by atoms with Gasteiger partial charge in [0, 0.05) is 87.1 Å². The number of rotatable bonds is 73. The van der Waals surface area contributed by atoms with E-state index in [2.05, 4.69) is 107 Å². The van der Waals surface area contributed by atoms with Gasteiger partial charge in [0.1, 0.15) is 29.7 Å². The summed E-state index contributed by atoms with van der Waals surface area (Å²) in [5, 5.41) is 23.8. The highest BCUT2D eigenvalue weighted by molar-refractivity contribution is 6.02. The van der Waals surface area contributed by atoms with Crippen molar-refractivity contribution in [1.82, 2.24) is 52.3 Å². The molecule has 14 unspecified atom stereocenters. The van der Waals surface area contributed by atoms with Gasteiger partial charge in [-0.05, 0) is 234 Å². The summed E-state index contributed by atoms with van der Waals surface area (Å²) in [4.78, 5) is 118. The van der Waals surface area contributed by atoms with Crippen LogP contribution in [0.1, 0.15) is 264 Å². The van der Waals surface area contributed by atoms with E-state index >= 15 is 0 Å². The molecule has 0 saturated heterocycles. The van der Waals surface area contributed by atoms with E-state index in [0.29, 0.717) is 159 Å². The third-order valence-corrected chi connectivity index (χ3v) is 19.7. The number of ether oxygens (including phenoxy) is 11. The molecule has 1 aromatic rings. The molecular formula is C104H222BBrN15O21. The van der Waals surface area contributed by atoms with E-state index in [-0.39, 0.29) is 138 Å². The van der Waals surface area contributed by atoms with Gasteiger partial charge in [-0.15, -0.1) is 0 Å². The van der Waals surface area contributed by atoms with Gasteiger partial charge in [0.2, 0.25) is 23.6 Å². The van der Waals surface area contributed by atoms with Gasteiger partial charge >= 0.3 is 11.9 Å². The van der Waals surface area contributed by atoms with Gasteiger partial charge < -0.3 is 149 Å². The number of benzene rings is 1. The van der Waals surface area contributed by atoms with Crippen molar-refractivity contribution in [3.8, 4) is 0 Å². The van der Waals surface area contributed by atoms with Crippen molar-refractivity contribution >= 4 is 67.0 Å². The summed E-state index contributed by atoms with van der Waals surface area (Å²) in [5.41, 5.74) is 23.1. The van der Waals surface area contributed by atoms with Gasteiger partial charge in [-0.1, -0.05) is 107 Å². The fourth-order valence-electron chi connectivity index (χ4n) is 10.8. The summed E-state index contributed by atoms with van der Waals surface area (Å²) >= 11 is 0. The maximum atomic E-state index is 12.0. The van der Waals surface area contributed by atoms with Gasteiger partial charge in [-0.25, -0.2) is 0 Å². The molecule has 16 N–H and O–H groups in total. The number of nitrogens with one attached hydrogen (secondary N) is 8. The van der Waals surface area contributed by atoms with Gasteiger partial charge in [0.15, 0.2) is 0 Å². The highest BCUT2D eigenvalue weighted by Crippen LogP contribution is 2.15. The van der Waals surface area contributed by atoms with Crippen LogP contribution in [-0.2, 0) is 107 Å². The van der Waals surface area contributed by atoms with Crippen molar-refractivity contribution in [1.29, 1.82) is 2.67 Å². The van der Waals surface area contributed by atoms with Crippen molar-refractivity contribution in [2.45, 2.75) is 320 Å². The number of esters is 2. The molecule has 0 spiro atoms. The van der Waals surface area contributed by atoms with Crippen molar-refractivity contribution in [2.75, 3.05) is 240 Å². The van der Waals surface area contributed by atoms with Gasteiger partial charge in [0.25, 0.3) is 0 Å². The quantitative estimate of drug-likeness (QED) is 0.0117. The summed E-state index contributed by atoms with van der Waals surface area (Å²) in [5.74, 6) is -4.14. The first-order valence-electron chi connectivity index (χ1n) is 52.8. The zero-order valence-corrected chi connectivity index (χ0v) is 96.9. The molecule has 0 aliphatic rings. The second-order valence-corrected chi connectivity index (χ2v) is 33.7. The first kappa shape index (κ1) is 159. The van der Waals surface area contributed by atoms with Crippen LogP contribution in [0.15, 0.2) is 30.3 Å². The van der Waals surface area contributed by atoms with Crippen LogP contribution in [0.2, 0.25) is 0 Å². The number of likely N-dealkylation sites (N-methyl/N-ethyl adjacent to an activating group) is 2. The Kier molecular flexibility index (Phi) is 135. The summed E-state index contributed by atoms with van der Waals surface area (Å²) in [6.07, 6.45) is 7.18. The minimum absolute atomic E-state index is 0. The average molecular weight is 2110 g/mol. The Morgan fingerprint density at radius 3 is 1.03 bits per heavy atom. The molecule has 0 heterocycles. The molecule has 142 heavy (non-hydrogen) atoms. The van der Waals surface area contributed by atoms with Gasteiger partial charge in [0.05, 0.1) is 196 Å². The number of halogens is 1. The third kappa shape index (κ3) is 118. The van der Waals surface area contributed by atoms with E-state index < -0.39 is 23.7 Å². The standard InChI is InChI=1S/C21H35N3O2.2C17H34N2O5.C14H29N3O2.C11H26N2O3.C8H14O4.C7H19N3.4C2H6.CH4.BH2.BrH/c1-5-20(25)18(2)21(26)23-14-10-16-24(4,15-9-13-22-3)17-19-11-7-6-8-12-19;2*1-12(18-6)9-22-7-8-23-11-14(3)24-10-13(2)19-17(21)15(4)16(5)20;1-5-13(18)12(2)14(19)16-9-7-11-17(4)10-6-8-15-3;1-9(12)6-14-4-5-15-8-11(3)16-7-10(2)13;1-3-11-7(9)5-6-8(10)12-4-2;1-10(6-2-4-8)7-3-5-9;4*1-2;;;/h6-8,11-12,18,22H,5,9-10,13-17H2,1-4H3;2*12-15,18H,7-11H2,1-6H3,(H,19,21);12,15H,5-11H2,1-4H3,(H,16,19);9-11H,4-8,12-13H2,1-3H3;3-6H2,1-2H3;2-9H2,1H3;4*1-2H3;1H4;1H2;1H/i;;;;;;;;;;;;1TD;. The molecule has 14 atom stereocenters. The van der Waals surface area contributed by atoms with E-state index in [1.165, 1.54) is 19.4 Å². The van der Waals surface area contributed by atoms with Crippen LogP contribution in [0.4, 0.5) is 0 Å². The third-order valence-electron chi connectivity index (χ3n) is 19.7. The molecule has 0 aliphatic heterocycles. The van der Waals surface area contributed by atoms with Crippen LogP contribution < -0.4 is 82.5 Å². The van der Waals surface area contributed by atoms with Crippen LogP contribution in [0.3, 0.4) is 0 Å². The average Bonchev–Trinajstić information content (AvgIpc) is 0.867. The van der Waals surface area contributed by atoms with E-state index in [1.54, 1.807) is 55.4 Å². The second kappa shape index (κ2) is 121. The van der Waals surface area contributed by atoms with Crippen molar-refractivity contribution in [3.05, 3.63) is 35.9 Å². The predicted molar refractivity (Wildman–Crippen MR) is 583 cm³/mol. The van der Waals surface area contributed by atoms with E-state index in [9.17, 15) is 47.9 Å². The van der Waals surface area contributed by atoms with Gasteiger partial charge in [-0.3, -0.25) is 47.9 Å². The van der Waals surface area contributed by atoms with Gasteiger partial charge in [-0.2, -0.15) is 0 Å². The maximum Gasteiger partial charge on any atom is 0.306 e. The summed E-state index contributed by atoms with van der Waals surface area (Å²) in [7, 11) is 14.7. The molecule has 1 rings (SSSR count). The minimum Gasteiger partial charge on any atom is -1.00 e. The Labute approximate surface area is 881 Å². The Morgan fingerprint density at radius 1 is 0.430 bits per heavy atom. The number of hydrogen-bond acceptors (Lipinski definition) is 31. The van der Waals surface area contributed by atoms with Crippen molar-refractivity contribution < 1.29 is 122 Å². The summed E-state index contributed by atoms with van der Waals surface area (Å²) in [6, 6.07) is 11.0. The normalized spacial score (nSPS) is 13.5. The molecule has 0 aromatic heterocycles. The largest absolute Gasteiger partial charge is 1.00 e. The van der Waals surface area contributed by atoms with Crippen LogP contribution in [0.5, 0.6) is 0 Å². The van der Waals surface area contributed by atoms with E-state index in [0.717, 1.165) is 115 Å². The summed E-state index contributed by atoms with van der Waals surface area (Å²) in [6.45, 7) is 70.6. The van der Waals surface area contributed by atoms with Crippen LogP contribution >= 0.6 is 0 Å². The number of Topliss-reactive ketones (excluding diaryl/α,β-unsaturated/α-hetero) is 4. The van der Waals surface area contributed by atoms with E-state index in [1.807, 2.05) is 152 Å². The highest BCUT2D eigenvalue weighted by atomic mass is 79.9. The smallest absolute Gasteiger partial charge is 0.306 e. The van der Waals surface area contributed by atoms with Crippen LogP contribution in [-0.4, -0.2) is 379 Å². The molecule has 1 radical (unpaired) electrons. The number of carbonyl (C=O) groups excluding carboxylic acids is 10. The van der Waals surface area contributed by atoms with E-state index in [4.69, 9.17) is 68.2 Å². The lowest BCUT2D eigenvalue weighted by molar-refractivity contribution is -0.922. The number of hydrogen-bond donors (Lipinski definition) is 12. The Bertz CT molecular complexity index is 2890. The number of nitrogens with two attached hydrogens (primary N) is 4. The second-order valence-electron chi connectivity index (χ2n) is 33.7. The molecule has 849 valence electrons. The van der Waals surface area contributed by atoms with Crippen molar-refractivity contribution in [3.63, 3.8) is 0 Å². The molecule has 36 nitrogen and oxygen atoms in total. The fraction of sp³-hybridized carbons (Fsp3) is 0.846. The molecule has 0 saturated carbocycles. The SMILES string of the molecule is C.CC.CC.CC.CC.CC(N)COCCOCC(C)OCC(C)N.CCC(=O)C(C)C(=O)NCCCN(C)CCCNC.CCC(=O)C(C)C(=O)NCCC[N+](C)(CCCNC)Cc1ccccc1.CCOC(=O)CCC(=O)OCC.CN(CCCN)CCCN.CNC(C)COCCOCC(C)OCC(C)NC(=O)C(C)C(C)=O.CNC(C)COCCOCC(C)OCC(C)NC(=O)C(C)C(C)=O.[2H][B][3H].[Br-]. The highest BCUT2D eigenvalue weighted by Gasteiger charge is 2.26. The zero-order valence-electron chi connectivity index (χ0n) is 97.4. The first-order chi connectivity index (χ1) is 67.4. The van der Waals surface area contributed by atoms with Crippen LogP contribution in [0, 0.1) is 23.7 Å². The molecule has 1 aromatic carbocycles. The predicted octanol–water partition coefficient (Wildman–Crippen LogP) is 5.99. The first-order valence-corrected chi connectivity index (χ1v) is 51.7. The number of amides is 4. The topological polar surface area (TPSA) is 479 Å². The molecule has 38 heteroatoms. The number of quaternary nitrogens is 1. The molecule has 0 aliphatic carbocycles. The maximum absolute atomic E-state index is 12.0. The summed E-state index contributed by atoms with van der Waals surface area (Å²) < 4.78 is 70.9. The molecular weight excluding hydrogens is 1890 g/mol. The Balaban J connectivity index is -0.000000126. The fourth-order valence-corrected chi connectivity index (χ4v) is 10.8. The Morgan fingerprint density at radius 2 is 0.725 bits per heavy atom. The molecule has 0 fully saturated rings. The van der Waals surface area contributed by atoms with Crippen molar-refractivity contribution in [2.24, 2.45) is 46.6 Å². The minimum atomic E-state index is -0.626. The van der Waals surface area contributed by atoms with Crippen LogP contribution in [0.25, 0.3) is 0 Å². The lowest BCUT2D eigenvalue weighted by atomic mass is 10.0. The number of ketones is 4. The Hall–Kier alpha value is -5.54. The zero-order chi connectivity index (χ0) is 111. The number of nitrogens with zero attached hydrogens (tertiary/aromatic N) is 3. The lowest BCUT2D eigenvalue weighted by Crippen LogP contribution is -3.00.